The Balaban J connectivity index is 3.58. The van der Waals surface area contributed by atoms with E-state index in [1.165, 1.54) is 0 Å². The van der Waals surface area contributed by atoms with Gasteiger partial charge in [0.05, 0.1) is 11.6 Å². The second kappa shape index (κ2) is 16.1. The highest BCUT2D eigenvalue weighted by Crippen LogP contribution is 2.27. The van der Waals surface area contributed by atoms with Crippen molar-refractivity contribution in [2.75, 3.05) is 25.7 Å². The summed E-state index contributed by atoms with van der Waals surface area (Å²) in [6.45, 7) is 1.88. The second-order valence-corrected chi connectivity index (χ2v) is 11.1. The molecule has 0 aliphatic carbocycles. The van der Waals surface area contributed by atoms with E-state index in [2.05, 4.69) is 11.6 Å². The van der Waals surface area contributed by atoms with Crippen molar-refractivity contribution in [3.05, 3.63) is 0 Å². The Kier molecular flexibility index (Phi) is 17.2. The van der Waals surface area contributed by atoms with E-state index in [1.807, 2.05) is 35.4 Å². The molecule has 0 aromatic carbocycles. The van der Waals surface area contributed by atoms with Gasteiger partial charge in [0.15, 0.2) is 0 Å². The van der Waals surface area contributed by atoms with Crippen molar-refractivity contribution in [1.82, 2.24) is 0 Å². The molecule has 0 fully saturated rings. The number of methoxy groups -OCH3 is 2. The first-order valence-electron chi connectivity index (χ1n) is 6.72. The molecule has 0 saturated carbocycles. The van der Waals surface area contributed by atoms with Gasteiger partial charge in [-0.2, -0.15) is 9.05 Å². The molecule has 0 rings (SSSR count). The lowest BCUT2D eigenvalue weighted by Gasteiger charge is -2.06. The predicted octanol–water partition coefficient (Wildman–Crippen LogP) is 4.49. The number of rotatable bonds is 13. The molecule has 4 unspecified atom stereocenters. The molecule has 0 aliphatic heterocycles. The van der Waals surface area contributed by atoms with Crippen molar-refractivity contribution >= 4 is 71.6 Å². The molecule has 22 heavy (non-hydrogen) atoms. The minimum absolute atomic E-state index is 0.228. The van der Waals surface area contributed by atoms with Gasteiger partial charge in [0.1, 0.15) is 13.9 Å². The van der Waals surface area contributed by atoms with Gasteiger partial charge in [0.2, 0.25) is 12.6 Å². The first kappa shape index (κ1) is 23.6. The average Bonchev–Trinajstić information content (AvgIpc) is 2.49. The maximum Gasteiger partial charge on any atom is 0.202 e. The summed E-state index contributed by atoms with van der Waals surface area (Å²) < 4.78 is 20.9. The van der Waals surface area contributed by atoms with Gasteiger partial charge in [-0.05, 0) is 13.8 Å². The lowest BCUT2D eigenvalue weighted by atomic mass is 10.6. The first-order valence-corrected chi connectivity index (χ1v) is 13.9. The van der Waals surface area contributed by atoms with Crippen LogP contribution in [0.1, 0.15) is 26.7 Å². The molecule has 0 radical (unpaired) electrons. The zero-order chi connectivity index (χ0) is 16.8. The maximum absolute atomic E-state index is 5.46. The summed E-state index contributed by atoms with van der Waals surface area (Å²) in [6, 6.07) is 0. The summed E-state index contributed by atoms with van der Waals surface area (Å²) in [6.07, 6.45) is 1.45. The van der Waals surface area contributed by atoms with Crippen LogP contribution in [-0.4, -0.2) is 49.9 Å². The number of hydrogen-bond donors (Lipinski definition) is 0. The van der Waals surface area contributed by atoms with Crippen molar-refractivity contribution in [3.63, 3.8) is 0 Å². The van der Waals surface area contributed by atoms with E-state index in [1.54, 1.807) is 14.2 Å². The highest BCUT2D eigenvalue weighted by Gasteiger charge is 2.05. The van der Waals surface area contributed by atoms with Gasteiger partial charge in [0, 0.05) is 38.6 Å². The molecule has 4 nitrogen and oxygen atoms in total. The average molecular weight is 423 g/mol. The summed E-state index contributed by atoms with van der Waals surface area (Å²) >= 11 is 10.4. The van der Waals surface area contributed by atoms with Crippen molar-refractivity contribution in [2.45, 2.75) is 39.3 Å². The van der Waals surface area contributed by atoms with Crippen LogP contribution in [-0.2, 0) is 43.0 Å². The lowest BCUT2D eigenvalue weighted by molar-refractivity contribution is -0.0275. The first-order chi connectivity index (χ1) is 10.5. The topological polar surface area (TPSA) is 36.9 Å². The summed E-state index contributed by atoms with van der Waals surface area (Å²) in [7, 11) is 6.91. The molecule has 0 aromatic heterocycles. The molecule has 0 aliphatic rings. The standard InChI is InChI=1S/C12H24O4P2S4/c1-11(13-3)15-17(19)7-5-9-21-22-10-6-8-18(20)16-12(2)14-4/h7-8,11-12H,5-6,9-10H2,1-4H3. The summed E-state index contributed by atoms with van der Waals surface area (Å²) in [5.41, 5.74) is 0. The van der Waals surface area contributed by atoms with E-state index >= 15 is 0 Å². The Labute approximate surface area is 154 Å². The van der Waals surface area contributed by atoms with Crippen LogP contribution in [0.3, 0.4) is 0 Å². The van der Waals surface area contributed by atoms with Crippen LogP contribution in [0.2, 0.25) is 0 Å². The Morgan fingerprint density at radius 3 is 1.55 bits per heavy atom. The van der Waals surface area contributed by atoms with Gasteiger partial charge in [-0.15, -0.1) is 0 Å². The SMILES string of the molecule is COC(C)O[P+]([S-])=CCCSSCCC=[P+]([S-])OC(C)OC. The Bertz CT molecular complexity index is 313. The second-order valence-electron chi connectivity index (χ2n) is 3.97. The van der Waals surface area contributed by atoms with Crippen LogP contribution in [0.25, 0.3) is 0 Å². The molecule has 4 atom stereocenters. The summed E-state index contributed by atoms with van der Waals surface area (Å²) in [5.74, 6) is 6.18. The van der Waals surface area contributed by atoms with Gasteiger partial charge < -0.3 is 34.0 Å². The van der Waals surface area contributed by atoms with Crippen molar-refractivity contribution in [2.24, 2.45) is 0 Å². The summed E-state index contributed by atoms with van der Waals surface area (Å²) in [5, 5.41) is 0. The number of ether oxygens (including phenoxy) is 2. The fourth-order valence-electron chi connectivity index (χ4n) is 0.995. The third-order valence-corrected chi connectivity index (χ3v) is 8.21. The molecule has 0 amide bonds. The molecule has 0 spiro atoms. The monoisotopic (exact) mass is 422 g/mol. The smallest absolute Gasteiger partial charge is 0.202 e. The normalized spacial score (nSPS) is 15.9. The third-order valence-electron chi connectivity index (χ3n) is 2.21. The molecule has 0 saturated heterocycles. The molecular weight excluding hydrogens is 398 g/mol. The molecule has 0 aromatic rings. The Morgan fingerprint density at radius 1 is 0.864 bits per heavy atom. The van der Waals surface area contributed by atoms with Crippen LogP contribution in [0.4, 0.5) is 0 Å². The summed E-state index contributed by atoms with van der Waals surface area (Å²) in [4.78, 5) is 0. The van der Waals surface area contributed by atoms with E-state index < -0.39 is 13.9 Å². The van der Waals surface area contributed by atoms with E-state index in [0.29, 0.717) is 0 Å². The minimum Gasteiger partial charge on any atom is -0.456 e. The van der Waals surface area contributed by atoms with Gasteiger partial charge in [-0.25, -0.2) is 0 Å². The quantitative estimate of drug-likeness (QED) is 0.141. The van der Waals surface area contributed by atoms with E-state index in [9.17, 15) is 0 Å². The zero-order valence-electron chi connectivity index (χ0n) is 13.3. The predicted molar refractivity (Wildman–Crippen MR) is 110 cm³/mol. The largest absolute Gasteiger partial charge is 0.456 e. The molecule has 10 heteroatoms. The maximum atomic E-state index is 5.46. The molecular formula is C12H24O4P2S4. The minimum atomic E-state index is -0.907. The molecule has 0 heterocycles. The van der Waals surface area contributed by atoms with Crippen LogP contribution in [0, 0.1) is 0 Å². The van der Waals surface area contributed by atoms with Gasteiger partial charge in [0.25, 0.3) is 0 Å². The number of hydrogen-bond acceptors (Lipinski definition) is 8. The van der Waals surface area contributed by atoms with Crippen molar-refractivity contribution in [1.29, 1.82) is 0 Å². The fraction of sp³-hybridized carbons (Fsp3) is 0.833. The highest BCUT2D eigenvalue weighted by molar-refractivity contribution is 8.76. The van der Waals surface area contributed by atoms with Crippen molar-refractivity contribution < 1.29 is 18.5 Å². The Hall–Kier alpha value is 1.58. The van der Waals surface area contributed by atoms with Crippen LogP contribution in [0.5, 0.6) is 0 Å². The van der Waals surface area contributed by atoms with Crippen LogP contribution < -0.4 is 0 Å². The lowest BCUT2D eigenvalue weighted by Crippen LogP contribution is -2.04. The van der Waals surface area contributed by atoms with E-state index in [-0.39, 0.29) is 12.6 Å². The van der Waals surface area contributed by atoms with Gasteiger partial charge in [-0.3, -0.25) is 0 Å². The van der Waals surface area contributed by atoms with E-state index in [0.717, 1.165) is 24.3 Å². The van der Waals surface area contributed by atoms with Crippen LogP contribution >= 0.6 is 35.5 Å². The van der Waals surface area contributed by atoms with E-state index in [4.69, 9.17) is 43.0 Å². The highest BCUT2D eigenvalue weighted by atomic mass is 33.1. The van der Waals surface area contributed by atoms with Gasteiger partial charge in [-0.1, -0.05) is 21.6 Å². The van der Waals surface area contributed by atoms with Crippen molar-refractivity contribution in [3.8, 4) is 0 Å². The van der Waals surface area contributed by atoms with Crippen LogP contribution in [0.15, 0.2) is 0 Å². The Morgan fingerprint density at radius 2 is 1.23 bits per heavy atom. The third kappa shape index (κ3) is 15.1. The van der Waals surface area contributed by atoms with Gasteiger partial charge >= 0.3 is 0 Å². The molecule has 0 N–H and O–H groups in total. The molecule has 0 bridgehead atoms. The fourth-order valence-corrected chi connectivity index (χ4v) is 6.26. The molecule has 130 valence electrons. The zero-order valence-corrected chi connectivity index (χ0v) is 18.4.